The van der Waals surface area contributed by atoms with Crippen LogP contribution in [0.15, 0.2) is 53.6 Å². The number of benzene rings is 2. The van der Waals surface area contributed by atoms with Gasteiger partial charge in [0.2, 0.25) is 0 Å². The molecule has 4 rings (SSSR count). The van der Waals surface area contributed by atoms with Crippen LogP contribution < -0.4 is 0 Å². The Hall–Kier alpha value is -2.15. The second kappa shape index (κ2) is 4.95. The summed E-state index contributed by atoms with van der Waals surface area (Å²) in [5, 5.41) is 0. The highest BCUT2D eigenvalue weighted by atomic mass is 19.1. The first-order chi connectivity index (χ1) is 10.6. The SMILES string of the molecule is CC1=Cc2ccccc2C1CC1C(C)=Cc2c(F)cccc21. The van der Waals surface area contributed by atoms with Gasteiger partial charge in [0.05, 0.1) is 0 Å². The van der Waals surface area contributed by atoms with E-state index in [0.717, 1.165) is 17.5 Å². The molecule has 2 aliphatic carbocycles. The van der Waals surface area contributed by atoms with Crippen molar-refractivity contribution >= 4 is 12.2 Å². The fourth-order valence-electron chi connectivity index (χ4n) is 4.00. The first-order valence-corrected chi connectivity index (χ1v) is 7.89. The monoisotopic (exact) mass is 290 g/mol. The molecule has 22 heavy (non-hydrogen) atoms. The minimum Gasteiger partial charge on any atom is -0.206 e. The van der Waals surface area contributed by atoms with Crippen LogP contribution in [0.25, 0.3) is 12.2 Å². The topological polar surface area (TPSA) is 0 Å². The molecule has 0 saturated carbocycles. The van der Waals surface area contributed by atoms with Crippen LogP contribution in [-0.2, 0) is 0 Å². The molecule has 0 radical (unpaired) electrons. The number of hydrogen-bond donors (Lipinski definition) is 0. The molecule has 0 N–H and O–H groups in total. The van der Waals surface area contributed by atoms with Crippen LogP contribution >= 0.6 is 0 Å². The summed E-state index contributed by atoms with van der Waals surface area (Å²) < 4.78 is 14.0. The quantitative estimate of drug-likeness (QED) is 0.644. The zero-order chi connectivity index (χ0) is 15.3. The molecule has 0 heterocycles. The smallest absolute Gasteiger partial charge is 0.130 e. The first kappa shape index (κ1) is 13.5. The van der Waals surface area contributed by atoms with Crippen LogP contribution in [0.2, 0.25) is 0 Å². The van der Waals surface area contributed by atoms with Crippen molar-refractivity contribution in [2.75, 3.05) is 0 Å². The van der Waals surface area contributed by atoms with Crippen molar-refractivity contribution < 1.29 is 4.39 Å². The van der Waals surface area contributed by atoms with Crippen molar-refractivity contribution in [3.63, 3.8) is 0 Å². The number of allylic oxidation sites excluding steroid dienone is 2. The van der Waals surface area contributed by atoms with Gasteiger partial charge in [0.25, 0.3) is 0 Å². The normalized spacial score (nSPS) is 22.1. The van der Waals surface area contributed by atoms with Crippen LogP contribution in [0.5, 0.6) is 0 Å². The van der Waals surface area contributed by atoms with Gasteiger partial charge in [0, 0.05) is 17.4 Å². The standard InChI is InChI=1S/C21H19F/c1-13-10-15-6-3-4-7-16(15)18(13)12-19-14(2)11-20-17(19)8-5-9-21(20)22/h3-11,18-19H,12H2,1-2H3. The molecule has 1 heteroatoms. The Morgan fingerprint density at radius 1 is 0.818 bits per heavy atom. The van der Waals surface area contributed by atoms with Crippen LogP contribution in [0.4, 0.5) is 4.39 Å². The lowest BCUT2D eigenvalue weighted by molar-refractivity contribution is 0.613. The average molecular weight is 290 g/mol. The Bertz CT molecular complexity index is 810. The van der Waals surface area contributed by atoms with Crippen molar-refractivity contribution in [1.29, 1.82) is 0 Å². The minimum atomic E-state index is -0.0987. The molecule has 0 bridgehead atoms. The molecule has 0 amide bonds. The summed E-state index contributed by atoms with van der Waals surface area (Å²) in [5.74, 6) is 0.669. The maximum absolute atomic E-state index is 14.0. The van der Waals surface area contributed by atoms with Gasteiger partial charge >= 0.3 is 0 Å². The minimum absolute atomic E-state index is 0.0987. The molecule has 0 aromatic heterocycles. The summed E-state index contributed by atoms with van der Waals surface area (Å²) in [7, 11) is 0. The Morgan fingerprint density at radius 2 is 1.50 bits per heavy atom. The Balaban J connectivity index is 1.71. The van der Waals surface area contributed by atoms with Gasteiger partial charge in [-0.05, 0) is 43.0 Å². The van der Waals surface area contributed by atoms with Crippen LogP contribution in [-0.4, -0.2) is 0 Å². The highest BCUT2D eigenvalue weighted by Gasteiger charge is 2.30. The summed E-state index contributed by atoms with van der Waals surface area (Å²) in [4.78, 5) is 0. The van der Waals surface area contributed by atoms with E-state index < -0.39 is 0 Å². The second-order valence-corrected chi connectivity index (χ2v) is 6.49. The zero-order valence-electron chi connectivity index (χ0n) is 12.9. The molecule has 0 saturated heterocycles. The van der Waals surface area contributed by atoms with Gasteiger partial charge in [-0.15, -0.1) is 0 Å². The summed E-state index contributed by atoms with van der Waals surface area (Å²) in [6, 6.07) is 14.1. The van der Waals surface area contributed by atoms with E-state index >= 15 is 0 Å². The van der Waals surface area contributed by atoms with E-state index in [4.69, 9.17) is 0 Å². The van der Waals surface area contributed by atoms with E-state index in [-0.39, 0.29) is 5.82 Å². The van der Waals surface area contributed by atoms with E-state index in [1.807, 2.05) is 12.1 Å². The number of fused-ring (bicyclic) bond motifs is 2. The third-order valence-corrected chi connectivity index (χ3v) is 5.16. The lowest BCUT2D eigenvalue weighted by Crippen LogP contribution is -2.06. The summed E-state index contributed by atoms with van der Waals surface area (Å²) in [6.45, 7) is 4.34. The molecule has 0 aliphatic heterocycles. The van der Waals surface area contributed by atoms with Gasteiger partial charge in [-0.1, -0.05) is 59.7 Å². The van der Waals surface area contributed by atoms with Gasteiger partial charge < -0.3 is 0 Å². The molecule has 2 aromatic rings. The van der Waals surface area contributed by atoms with Crippen molar-refractivity contribution in [2.45, 2.75) is 32.1 Å². The lowest BCUT2D eigenvalue weighted by Gasteiger charge is -2.21. The van der Waals surface area contributed by atoms with Crippen molar-refractivity contribution in [2.24, 2.45) is 0 Å². The molecule has 2 unspecified atom stereocenters. The average Bonchev–Trinajstić information content (AvgIpc) is 2.99. The molecule has 110 valence electrons. The summed E-state index contributed by atoms with van der Waals surface area (Å²) in [6.07, 6.45) is 5.34. The molecule has 2 aliphatic rings. The Morgan fingerprint density at radius 3 is 2.36 bits per heavy atom. The van der Waals surface area contributed by atoms with Gasteiger partial charge in [-0.3, -0.25) is 0 Å². The van der Waals surface area contributed by atoms with Gasteiger partial charge in [-0.25, -0.2) is 4.39 Å². The molecule has 2 aromatic carbocycles. The van der Waals surface area contributed by atoms with Crippen molar-refractivity contribution in [1.82, 2.24) is 0 Å². The van der Waals surface area contributed by atoms with Crippen molar-refractivity contribution in [3.05, 3.63) is 81.7 Å². The molecular formula is C21H19F. The Kier molecular flexibility index (Phi) is 3.04. The molecular weight excluding hydrogens is 271 g/mol. The summed E-state index contributed by atoms with van der Waals surface area (Å²) >= 11 is 0. The van der Waals surface area contributed by atoms with Crippen LogP contribution in [0.3, 0.4) is 0 Å². The predicted molar refractivity (Wildman–Crippen MR) is 90.2 cm³/mol. The third kappa shape index (κ3) is 1.96. The van der Waals surface area contributed by atoms with Crippen molar-refractivity contribution in [3.8, 4) is 0 Å². The first-order valence-electron chi connectivity index (χ1n) is 7.89. The van der Waals surface area contributed by atoms with Crippen LogP contribution in [0, 0.1) is 5.82 Å². The zero-order valence-corrected chi connectivity index (χ0v) is 12.9. The van der Waals surface area contributed by atoms with Gasteiger partial charge in [-0.2, -0.15) is 0 Å². The number of hydrogen-bond acceptors (Lipinski definition) is 0. The molecule has 0 fully saturated rings. The van der Waals surface area contributed by atoms with Gasteiger partial charge in [0.1, 0.15) is 5.82 Å². The van der Waals surface area contributed by atoms with E-state index in [9.17, 15) is 4.39 Å². The maximum Gasteiger partial charge on any atom is 0.130 e. The van der Waals surface area contributed by atoms with Crippen LogP contribution in [0.1, 0.15) is 54.4 Å². The largest absolute Gasteiger partial charge is 0.206 e. The predicted octanol–water partition coefficient (Wildman–Crippen LogP) is 5.92. The van der Waals surface area contributed by atoms with E-state index in [0.29, 0.717) is 11.8 Å². The molecule has 2 atom stereocenters. The third-order valence-electron chi connectivity index (χ3n) is 5.16. The molecule has 0 spiro atoms. The highest BCUT2D eigenvalue weighted by molar-refractivity contribution is 5.69. The summed E-state index contributed by atoms with van der Waals surface area (Å²) in [5.41, 5.74) is 7.38. The fraction of sp³-hybridized carbons (Fsp3) is 0.238. The van der Waals surface area contributed by atoms with E-state index in [2.05, 4.69) is 50.3 Å². The fourth-order valence-corrected chi connectivity index (χ4v) is 4.00. The highest BCUT2D eigenvalue weighted by Crippen LogP contribution is 2.47. The maximum atomic E-state index is 14.0. The molecule has 0 nitrogen and oxygen atoms in total. The number of halogens is 1. The lowest BCUT2D eigenvalue weighted by atomic mass is 9.82. The van der Waals surface area contributed by atoms with E-state index in [1.54, 1.807) is 6.07 Å². The Labute approximate surface area is 131 Å². The number of rotatable bonds is 2. The second-order valence-electron chi connectivity index (χ2n) is 6.49. The van der Waals surface area contributed by atoms with E-state index in [1.165, 1.54) is 22.3 Å². The van der Waals surface area contributed by atoms with Gasteiger partial charge in [0.15, 0.2) is 0 Å².